The number of aromatic nitrogens is 2. The fraction of sp³-hybridized carbons (Fsp3) is 0.538. The number of nitrogens with zero attached hydrogens (tertiary/aromatic N) is 2. The fourth-order valence-electron chi connectivity index (χ4n) is 2.40. The Hall–Kier alpha value is -1.46. The third kappa shape index (κ3) is 2.23. The Balaban J connectivity index is 2.23. The van der Waals surface area contributed by atoms with Crippen LogP contribution in [-0.2, 0) is 0 Å². The van der Waals surface area contributed by atoms with Gasteiger partial charge in [0.15, 0.2) is 0 Å². The minimum Gasteiger partial charge on any atom is -0.386 e. The van der Waals surface area contributed by atoms with Crippen molar-refractivity contribution in [3.8, 4) is 0 Å². The molecule has 3 N–H and O–H groups in total. The molecule has 2 rings (SSSR count). The minimum absolute atomic E-state index is 0.299. The molecule has 5 heteroatoms. The van der Waals surface area contributed by atoms with Crippen LogP contribution in [0.5, 0.6) is 0 Å². The zero-order chi connectivity index (χ0) is 13.1. The molecule has 2 atom stereocenters. The lowest BCUT2D eigenvalue weighted by molar-refractivity contribution is 0.0285. The number of rotatable bonds is 5. The Kier molecular flexibility index (Phi) is 3.93. The van der Waals surface area contributed by atoms with Gasteiger partial charge in [0, 0.05) is 6.20 Å². The first-order valence-corrected chi connectivity index (χ1v) is 6.32. The molecule has 5 nitrogen and oxygen atoms in total. The third-order valence-corrected chi connectivity index (χ3v) is 3.49. The molecule has 0 fully saturated rings. The van der Waals surface area contributed by atoms with Crippen molar-refractivity contribution >= 4 is 5.82 Å². The number of nitrogens with one attached hydrogen (secondary N) is 1. The lowest BCUT2D eigenvalue weighted by Gasteiger charge is -2.39. The van der Waals surface area contributed by atoms with Crippen LogP contribution in [0.1, 0.15) is 26.7 Å². The Morgan fingerprint density at radius 3 is 2.56 bits per heavy atom. The molecule has 98 valence electrons. The minimum atomic E-state index is -0.837. The number of hydrogen-bond donors (Lipinski definition) is 3. The zero-order valence-corrected chi connectivity index (χ0v) is 10.7. The second-order valence-corrected chi connectivity index (χ2v) is 4.49. The van der Waals surface area contributed by atoms with E-state index in [0.29, 0.717) is 17.4 Å². The lowest BCUT2D eigenvalue weighted by Crippen LogP contribution is -2.46. The molecule has 0 aliphatic heterocycles. The van der Waals surface area contributed by atoms with E-state index in [1.807, 2.05) is 0 Å². The van der Waals surface area contributed by atoms with Crippen LogP contribution in [0.2, 0.25) is 0 Å². The predicted octanol–water partition coefficient (Wildman–Crippen LogP) is 1.31. The van der Waals surface area contributed by atoms with Crippen molar-refractivity contribution in [3.63, 3.8) is 0 Å². The maximum absolute atomic E-state index is 9.88. The van der Waals surface area contributed by atoms with Crippen molar-refractivity contribution in [2.45, 2.75) is 38.9 Å². The summed E-state index contributed by atoms with van der Waals surface area (Å²) in [5, 5.41) is 22.8. The molecule has 1 aliphatic rings. The molecule has 18 heavy (non-hydrogen) atoms. The molecule has 1 aromatic heterocycles. The van der Waals surface area contributed by atoms with Gasteiger partial charge in [-0.05, 0) is 30.4 Å². The van der Waals surface area contributed by atoms with Crippen LogP contribution in [0, 0.1) is 5.92 Å². The molecule has 1 aromatic rings. The highest BCUT2D eigenvalue weighted by Gasteiger charge is 2.40. The van der Waals surface area contributed by atoms with Gasteiger partial charge in [-0.15, -0.1) is 0 Å². The summed E-state index contributed by atoms with van der Waals surface area (Å²) in [4.78, 5) is 7.89. The quantitative estimate of drug-likeness (QED) is 0.733. The monoisotopic (exact) mass is 249 g/mol. The Bertz CT molecular complexity index is 429. The maximum Gasteiger partial charge on any atom is 0.133 e. The van der Waals surface area contributed by atoms with Gasteiger partial charge < -0.3 is 15.5 Å². The van der Waals surface area contributed by atoms with E-state index in [9.17, 15) is 10.2 Å². The van der Waals surface area contributed by atoms with Crippen molar-refractivity contribution in [2.75, 3.05) is 5.32 Å². The van der Waals surface area contributed by atoms with Crippen LogP contribution in [0.3, 0.4) is 0 Å². The van der Waals surface area contributed by atoms with Crippen LogP contribution >= 0.6 is 0 Å². The van der Waals surface area contributed by atoms with Crippen LogP contribution in [-0.4, -0.2) is 32.4 Å². The molecule has 0 saturated heterocycles. The largest absolute Gasteiger partial charge is 0.386 e. The Morgan fingerprint density at radius 2 is 2.00 bits per heavy atom. The normalized spacial score (nSPS) is 23.2. The molecule has 1 aliphatic carbocycles. The van der Waals surface area contributed by atoms with Crippen LogP contribution in [0.15, 0.2) is 29.9 Å². The van der Waals surface area contributed by atoms with E-state index in [1.54, 1.807) is 12.3 Å². The molecule has 1 heterocycles. The van der Waals surface area contributed by atoms with E-state index in [1.165, 1.54) is 6.33 Å². The number of aliphatic hydroxyl groups excluding tert-OH is 2. The van der Waals surface area contributed by atoms with Gasteiger partial charge in [-0.3, -0.25) is 0 Å². The van der Waals surface area contributed by atoms with Crippen LogP contribution in [0.25, 0.3) is 0 Å². The van der Waals surface area contributed by atoms with Gasteiger partial charge in [-0.1, -0.05) is 13.8 Å². The summed E-state index contributed by atoms with van der Waals surface area (Å²) >= 11 is 0. The van der Waals surface area contributed by atoms with Gasteiger partial charge in [0.05, 0.1) is 5.70 Å². The molecule has 0 spiro atoms. The molecule has 0 radical (unpaired) electrons. The van der Waals surface area contributed by atoms with Crippen molar-refractivity contribution < 1.29 is 10.2 Å². The highest BCUT2D eigenvalue weighted by molar-refractivity contribution is 5.50. The molecule has 0 amide bonds. The van der Waals surface area contributed by atoms with Gasteiger partial charge in [-0.2, -0.15) is 0 Å². The third-order valence-electron chi connectivity index (χ3n) is 3.49. The van der Waals surface area contributed by atoms with Gasteiger partial charge in [0.25, 0.3) is 0 Å². The molecule has 0 bridgehead atoms. The van der Waals surface area contributed by atoms with Crippen molar-refractivity contribution in [2.24, 2.45) is 5.92 Å². The van der Waals surface area contributed by atoms with Crippen molar-refractivity contribution in [3.05, 3.63) is 29.9 Å². The second-order valence-electron chi connectivity index (χ2n) is 4.49. The predicted molar refractivity (Wildman–Crippen MR) is 68.8 cm³/mol. The first-order chi connectivity index (χ1) is 8.69. The standard InChI is InChI=1S/C13H19N3O2/c1-3-8(4-2)10-11(13(18)12(10)17)16-9-5-6-14-7-15-9/h5-8,12-13,17-18H,3-4H2,1-2H3,(H,14,15,16). The maximum atomic E-state index is 9.88. The van der Waals surface area contributed by atoms with E-state index < -0.39 is 12.2 Å². The topological polar surface area (TPSA) is 78.3 Å². The highest BCUT2D eigenvalue weighted by atomic mass is 16.3. The summed E-state index contributed by atoms with van der Waals surface area (Å²) in [6.45, 7) is 4.17. The molecule has 0 saturated carbocycles. The van der Waals surface area contributed by atoms with Crippen molar-refractivity contribution in [1.29, 1.82) is 0 Å². The Morgan fingerprint density at radius 1 is 1.28 bits per heavy atom. The Labute approximate surface area is 107 Å². The fourth-order valence-corrected chi connectivity index (χ4v) is 2.40. The van der Waals surface area contributed by atoms with Crippen LogP contribution < -0.4 is 5.32 Å². The molecular weight excluding hydrogens is 230 g/mol. The summed E-state index contributed by atoms with van der Waals surface area (Å²) in [5.74, 6) is 0.933. The lowest BCUT2D eigenvalue weighted by atomic mass is 9.76. The van der Waals surface area contributed by atoms with E-state index >= 15 is 0 Å². The average molecular weight is 249 g/mol. The summed E-state index contributed by atoms with van der Waals surface area (Å²) in [5.41, 5.74) is 1.60. The summed E-state index contributed by atoms with van der Waals surface area (Å²) in [6, 6.07) is 1.73. The van der Waals surface area contributed by atoms with E-state index in [2.05, 4.69) is 29.1 Å². The van der Waals surface area contributed by atoms with E-state index in [0.717, 1.165) is 18.4 Å². The SMILES string of the molecule is CCC(CC)C1=C(Nc2ccncn2)C(O)C1O. The smallest absolute Gasteiger partial charge is 0.133 e. The molecular formula is C13H19N3O2. The van der Waals surface area contributed by atoms with Gasteiger partial charge >= 0.3 is 0 Å². The summed E-state index contributed by atoms with van der Waals surface area (Å²) < 4.78 is 0. The first-order valence-electron chi connectivity index (χ1n) is 6.32. The highest BCUT2D eigenvalue weighted by Crippen LogP contribution is 2.37. The van der Waals surface area contributed by atoms with Gasteiger partial charge in [0.1, 0.15) is 24.4 Å². The van der Waals surface area contributed by atoms with Gasteiger partial charge in [-0.25, -0.2) is 9.97 Å². The average Bonchev–Trinajstić information content (AvgIpc) is 2.43. The van der Waals surface area contributed by atoms with Crippen molar-refractivity contribution in [1.82, 2.24) is 9.97 Å². The summed E-state index contributed by atoms with van der Waals surface area (Å²) in [6.07, 6.45) is 3.39. The number of hydrogen-bond acceptors (Lipinski definition) is 5. The zero-order valence-electron chi connectivity index (χ0n) is 10.7. The number of aliphatic hydroxyl groups is 2. The number of anilines is 1. The van der Waals surface area contributed by atoms with E-state index in [4.69, 9.17) is 0 Å². The molecule has 2 unspecified atom stereocenters. The molecule has 0 aromatic carbocycles. The summed E-state index contributed by atoms with van der Waals surface area (Å²) in [7, 11) is 0. The van der Waals surface area contributed by atoms with Gasteiger partial charge in [0.2, 0.25) is 0 Å². The van der Waals surface area contributed by atoms with Crippen LogP contribution in [0.4, 0.5) is 5.82 Å². The first kappa shape index (κ1) is 13.0. The second kappa shape index (κ2) is 5.46. The van der Waals surface area contributed by atoms with E-state index in [-0.39, 0.29) is 0 Å².